The summed E-state index contributed by atoms with van der Waals surface area (Å²) >= 11 is 0. The van der Waals surface area contributed by atoms with Crippen molar-refractivity contribution in [1.82, 2.24) is 4.90 Å². The zero-order chi connectivity index (χ0) is 12.4. The number of nitrogens with zero attached hydrogens (tertiary/aromatic N) is 1. The number of rotatable bonds is 3. The Balaban J connectivity index is 2.06. The molecule has 0 aliphatic carbocycles. The molecular formula is C12H19NO4. The lowest BCUT2D eigenvalue weighted by Gasteiger charge is -2.26. The van der Waals surface area contributed by atoms with Gasteiger partial charge in [-0.3, -0.25) is 4.79 Å². The standard InChI is InChI=1S/C12H19NO4/c1-2-10-8(5-7-17-10)11(14)13-6-3-4-9(13)12(15)16/h8-10H,2-7H2,1H3,(H,15,16)/t8?,9-,10?/m0/s1. The number of carbonyl (C=O) groups excluding carboxylic acids is 1. The summed E-state index contributed by atoms with van der Waals surface area (Å²) in [5.41, 5.74) is 0. The van der Waals surface area contributed by atoms with Crippen LogP contribution in [0.25, 0.3) is 0 Å². The van der Waals surface area contributed by atoms with E-state index in [2.05, 4.69) is 0 Å². The molecular weight excluding hydrogens is 222 g/mol. The molecule has 1 N–H and O–H groups in total. The molecule has 1 amide bonds. The number of amides is 1. The van der Waals surface area contributed by atoms with Crippen molar-refractivity contribution in [1.29, 1.82) is 0 Å². The molecule has 2 aliphatic heterocycles. The topological polar surface area (TPSA) is 66.8 Å². The second-order valence-corrected chi connectivity index (χ2v) is 4.74. The van der Waals surface area contributed by atoms with Gasteiger partial charge in [-0.2, -0.15) is 0 Å². The summed E-state index contributed by atoms with van der Waals surface area (Å²) in [7, 11) is 0. The van der Waals surface area contributed by atoms with Crippen LogP contribution in [0.5, 0.6) is 0 Å². The van der Waals surface area contributed by atoms with Gasteiger partial charge in [0.05, 0.1) is 12.0 Å². The van der Waals surface area contributed by atoms with Crippen LogP contribution in [-0.4, -0.2) is 47.2 Å². The Labute approximate surface area is 101 Å². The van der Waals surface area contributed by atoms with Crippen LogP contribution in [0.3, 0.4) is 0 Å². The molecule has 0 spiro atoms. The molecule has 0 aromatic rings. The Morgan fingerprint density at radius 1 is 1.41 bits per heavy atom. The molecule has 0 bridgehead atoms. The summed E-state index contributed by atoms with van der Waals surface area (Å²) in [6.07, 6.45) is 2.86. The highest BCUT2D eigenvalue weighted by Gasteiger charge is 2.41. The molecule has 17 heavy (non-hydrogen) atoms. The van der Waals surface area contributed by atoms with E-state index in [0.29, 0.717) is 19.6 Å². The van der Waals surface area contributed by atoms with Gasteiger partial charge in [-0.1, -0.05) is 6.92 Å². The van der Waals surface area contributed by atoms with E-state index >= 15 is 0 Å². The van der Waals surface area contributed by atoms with Gasteiger partial charge in [0.25, 0.3) is 0 Å². The zero-order valence-corrected chi connectivity index (χ0v) is 10.1. The molecule has 2 saturated heterocycles. The lowest BCUT2D eigenvalue weighted by atomic mass is 9.97. The first-order valence-corrected chi connectivity index (χ1v) is 6.30. The number of hydrogen-bond donors (Lipinski definition) is 1. The number of ether oxygens (including phenoxy) is 1. The zero-order valence-electron chi connectivity index (χ0n) is 10.1. The third kappa shape index (κ3) is 2.29. The average molecular weight is 241 g/mol. The van der Waals surface area contributed by atoms with Crippen molar-refractivity contribution in [2.24, 2.45) is 5.92 Å². The number of aliphatic carboxylic acids is 1. The molecule has 3 atom stereocenters. The van der Waals surface area contributed by atoms with Gasteiger partial charge in [-0.25, -0.2) is 4.79 Å². The lowest BCUT2D eigenvalue weighted by Crippen LogP contribution is -2.45. The largest absolute Gasteiger partial charge is 0.480 e. The van der Waals surface area contributed by atoms with Crippen LogP contribution in [0.2, 0.25) is 0 Å². The Bertz CT molecular complexity index is 318. The van der Waals surface area contributed by atoms with E-state index in [1.807, 2.05) is 6.92 Å². The lowest BCUT2D eigenvalue weighted by molar-refractivity contribution is -0.150. The Morgan fingerprint density at radius 2 is 2.18 bits per heavy atom. The monoisotopic (exact) mass is 241 g/mol. The average Bonchev–Trinajstić information content (AvgIpc) is 2.96. The first-order chi connectivity index (χ1) is 8.15. The van der Waals surface area contributed by atoms with E-state index < -0.39 is 12.0 Å². The molecule has 0 saturated carbocycles. The van der Waals surface area contributed by atoms with E-state index in [1.165, 1.54) is 4.90 Å². The molecule has 2 unspecified atom stereocenters. The van der Waals surface area contributed by atoms with Crippen molar-refractivity contribution < 1.29 is 19.4 Å². The fourth-order valence-corrected chi connectivity index (χ4v) is 2.83. The minimum Gasteiger partial charge on any atom is -0.480 e. The van der Waals surface area contributed by atoms with Crippen LogP contribution in [0.1, 0.15) is 32.6 Å². The van der Waals surface area contributed by atoms with Gasteiger partial charge >= 0.3 is 5.97 Å². The molecule has 2 rings (SSSR count). The smallest absolute Gasteiger partial charge is 0.326 e. The van der Waals surface area contributed by atoms with Crippen LogP contribution in [0.15, 0.2) is 0 Å². The maximum atomic E-state index is 12.3. The number of hydrogen-bond acceptors (Lipinski definition) is 3. The highest BCUT2D eigenvalue weighted by atomic mass is 16.5. The van der Waals surface area contributed by atoms with Crippen LogP contribution in [0.4, 0.5) is 0 Å². The minimum atomic E-state index is -0.886. The SMILES string of the molecule is CCC1OCCC1C(=O)N1CCC[C@H]1C(=O)O. The molecule has 2 heterocycles. The Morgan fingerprint density at radius 3 is 2.82 bits per heavy atom. The minimum absolute atomic E-state index is 0.0285. The van der Waals surface area contributed by atoms with Crippen molar-refractivity contribution in [2.45, 2.75) is 44.8 Å². The van der Waals surface area contributed by atoms with Gasteiger partial charge in [0.15, 0.2) is 0 Å². The third-order valence-electron chi connectivity index (χ3n) is 3.75. The van der Waals surface area contributed by atoms with Crippen LogP contribution < -0.4 is 0 Å². The Hall–Kier alpha value is -1.10. The van der Waals surface area contributed by atoms with Gasteiger partial charge in [0.2, 0.25) is 5.91 Å². The first kappa shape index (κ1) is 12.4. The third-order valence-corrected chi connectivity index (χ3v) is 3.75. The van der Waals surface area contributed by atoms with Crippen LogP contribution in [-0.2, 0) is 14.3 Å². The van der Waals surface area contributed by atoms with Gasteiger partial charge < -0.3 is 14.7 Å². The van der Waals surface area contributed by atoms with Crippen LogP contribution in [0, 0.1) is 5.92 Å². The molecule has 5 heteroatoms. The maximum Gasteiger partial charge on any atom is 0.326 e. The van der Waals surface area contributed by atoms with Gasteiger partial charge in [0, 0.05) is 13.2 Å². The second-order valence-electron chi connectivity index (χ2n) is 4.74. The summed E-state index contributed by atoms with van der Waals surface area (Å²) < 4.78 is 5.50. The number of likely N-dealkylation sites (tertiary alicyclic amines) is 1. The summed E-state index contributed by atoms with van der Waals surface area (Å²) in [5, 5.41) is 9.07. The molecule has 2 aliphatic rings. The molecule has 96 valence electrons. The predicted octanol–water partition coefficient (Wildman–Crippen LogP) is 0.877. The second kappa shape index (κ2) is 5.04. The quantitative estimate of drug-likeness (QED) is 0.796. The van der Waals surface area contributed by atoms with Gasteiger partial charge in [-0.15, -0.1) is 0 Å². The molecule has 5 nitrogen and oxygen atoms in total. The van der Waals surface area contributed by atoms with Crippen molar-refractivity contribution >= 4 is 11.9 Å². The van der Waals surface area contributed by atoms with Gasteiger partial charge in [0.1, 0.15) is 6.04 Å². The Kier molecular flexibility index (Phi) is 3.66. The maximum absolute atomic E-state index is 12.3. The number of carbonyl (C=O) groups is 2. The fourth-order valence-electron chi connectivity index (χ4n) is 2.83. The molecule has 0 radical (unpaired) electrons. The number of carboxylic acid groups (broad SMARTS) is 1. The molecule has 0 aromatic carbocycles. The summed E-state index contributed by atoms with van der Waals surface area (Å²) in [6, 6.07) is -0.624. The summed E-state index contributed by atoms with van der Waals surface area (Å²) in [5.74, 6) is -1.05. The fraction of sp³-hybridized carbons (Fsp3) is 0.833. The van der Waals surface area contributed by atoms with Crippen molar-refractivity contribution in [3.05, 3.63) is 0 Å². The number of carboxylic acids is 1. The normalized spacial score (nSPS) is 33.0. The first-order valence-electron chi connectivity index (χ1n) is 6.30. The van der Waals surface area contributed by atoms with Crippen molar-refractivity contribution in [3.8, 4) is 0 Å². The van der Waals surface area contributed by atoms with Crippen molar-refractivity contribution in [2.75, 3.05) is 13.2 Å². The van der Waals surface area contributed by atoms with Gasteiger partial charge in [-0.05, 0) is 25.7 Å². The van der Waals surface area contributed by atoms with E-state index in [9.17, 15) is 9.59 Å². The summed E-state index contributed by atoms with van der Waals surface area (Å²) in [6.45, 7) is 3.18. The van der Waals surface area contributed by atoms with E-state index in [0.717, 1.165) is 19.3 Å². The van der Waals surface area contributed by atoms with E-state index in [4.69, 9.17) is 9.84 Å². The molecule has 0 aromatic heterocycles. The molecule has 2 fully saturated rings. The highest BCUT2D eigenvalue weighted by molar-refractivity contribution is 5.86. The highest BCUT2D eigenvalue weighted by Crippen LogP contribution is 2.28. The summed E-state index contributed by atoms with van der Waals surface area (Å²) in [4.78, 5) is 24.9. The van der Waals surface area contributed by atoms with E-state index in [1.54, 1.807) is 0 Å². The van der Waals surface area contributed by atoms with E-state index in [-0.39, 0.29) is 17.9 Å². The van der Waals surface area contributed by atoms with Crippen LogP contribution >= 0.6 is 0 Å². The van der Waals surface area contributed by atoms with Crippen molar-refractivity contribution in [3.63, 3.8) is 0 Å². The predicted molar refractivity (Wildman–Crippen MR) is 60.5 cm³/mol.